The maximum atomic E-state index is 12.1. The molecule has 1 aromatic heterocycles. The Labute approximate surface area is 149 Å². The molecular weight excluding hydrogens is 312 g/mol. The summed E-state index contributed by atoms with van der Waals surface area (Å²) >= 11 is 0. The third-order valence-corrected chi connectivity index (χ3v) is 4.38. The second-order valence-electron chi connectivity index (χ2n) is 6.78. The number of rotatable bonds is 5. The molecule has 0 saturated carbocycles. The largest absolute Gasteiger partial charge is 0.369 e. The summed E-state index contributed by atoms with van der Waals surface area (Å²) in [6.07, 6.45) is 1.72. The van der Waals surface area contributed by atoms with E-state index in [0.29, 0.717) is 5.69 Å². The molecule has 1 aliphatic rings. The number of hydrogen-bond acceptors (Lipinski definition) is 4. The number of anilines is 1. The zero-order chi connectivity index (χ0) is 17.6. The molecule has 132 valence electrons. The van der Waals surface area contributed by atoms with Gasteiger partial charge >= 0.3 is 0 Å². The molecule has 25 heavy (non-hydrogen) atoms. The number of nitrogens with zero attached hydrogens (tertiary/aromatic N) is 3. The summed E-state index contributed by atoms with van der Waals surface area (Å²) in [5.41, 5.74) is 2.91. The average molecular weight is 338 g/mol. The van der Waals surface area contributed by atoms with E-state index in [-0.39, 0.29) is 11.9 Å². The highest BCUT2D eigenvalue weighted by Gasteiger charge is 2.18. The van der Waals surface area contributed by atoms with E-state index in [9.17, 15) is 4.79 Å². The van der Waals surface area contributed by atoms with E-state index in [4.69, 9.17) is 0 Å². The molecule has 1 saturated heterocycles. The Morgan fingerprint density at radius 3 is 2.52 bits per heavy atom. The minimum Gasteiger partial charge on any atom is -0.369 e. The van der Waals surface area contributed by atoms with Crippen LogP contribution in [0.25, 0.3) is 0 Å². The molecule has 2 heterocycles. The molecule has 0 unspecified atom stereocenters. The van der Waals surface area contributed by atoms with Crippen molar-refractivity contribution in [2.24, 2.45) is 0 Å². The normalized spacial score (nSPS) is 15.4. The molecule has 5 heteroatoms. The maximum Gasteiger partial charge on any atom is 0.270 e. The molecule has 0 aliphatic carbocycles. The van der Waals surface area contributed by atoms with Crippen LogP contribution >= 0.6 is 0 Å². The number of piperazine rings is 1. The van der Waals surface area contributed by atoms with Gasteiger partial charge in [-0.1, -0.05) is 30.3 Å². The first kappa shape index (κ1) is 17.4. The highest BCUT2D eigenvalue weighted by molar-refractivity contribution is 5.93. The molecule has 1 N–H and O–H groups in total. The first-order valence-corrected chi connectivity index (χ1v) is 8.90. The van der Waals surface area contributed by atoms with Crippen LogP contribution in [0.15, 0.2) is 48.7 Å². The number of nitrogens with one attached hydrogen (secondary N) is 1. The number of benzene rings is 1. The van der Waals surface area contributed by atoms with Gasteiger partial charge in [-0.25, -0.2) is 0 Å². The second-order valence-corrected chi connectivity index (χ2v) is 6.78. The van der Waals surface area contributed by atoms with Crippen LogP contribution in [0.5, 0.6) is 0 Å². The lowest BCUT2D eigenvalue weighted by molar-refractivity contribution is 0.0938. The molecule has 1 amide bonds. The lowest BCUT2D eigenvalue weighted by Gasteiger charge is -2.36. The third-order valence-electron chi connectivity index (χ3n) is 4.38. The predicted molar refractivity (Wildman–Crippen MR) is 101 cm³/mol. The summed E-state index contributed by atoms with van der Waals surface area (Å²) in [5, 5.41) is 2.90. The monoisotopic (exact) mass is 338 g/mol. The zero-order valence-electron chi connectivity index (χ0n) is 15.0. The molecule has 0 bridgehead atoms. The van der Waals surface area contributed by atoms with Gasteiger partial charge in [-0.3, -0.25) is 14.7 Å². The Kier molecular flexibility index (Phi) is 5.66. The van der Waals surface area contributed by atoms with Crippen molar-refractivity contribution in [3.63, 3.8) is 0 Å². The fourth-order valence-corrected chi connectivity index (χ4v) is 3.08. The molecular formula is C20H26N4O. The molecule has 0 atom stereocenters. The van der Waals surface area contributed by atoms with Crippen molar-refractivity contribution in [3.05, 3.63) is 59.9 Å². The Bertz CT molecular complexity index is 694. The van der Waals surface area contributed by atoms with E-state index in [1.807, 2.05) is 26.0 Å². The van der Waals surface area contributed by atoms with Crippen LogP contribution in [0.1, 0.15) is 29.9 Å². The van der Waals surface area contributed by atoms with E-state index in [2.05, 4.69) is 50.4 Å². The fraction of sp³-hybridized carbons (Fsp3) is 0.400. The van der Waals surface area contributed by atoms with Gasteiger partial charge in [-0.05, 0) is 31.5 Å². The number of amides is 1. The van der Waals surface area contributed by atoms with Crippen molar-refractivity contribution < 1.29 is 4.79 Å². The first-order valence-electron chi connectivity index (χ1n) is 8.90. The molecule has 5 nitrogen and oxygen atoms in total. The Morgan fingerprint density at radius 2 is 1.84 bits per heavy atom. The number of carbonyl (C=O) groups is 1. The Morgan fingerprint density at radius 1 is 1.12 bits per heavy atom. The van der Waals surface area contributed by atoms with Crippen molar-refractivity contribution in [1.29, 1.82) is 0 Å². The van der Waals surface area contributed by atoms with Crippen LogP contribution in [0.4, 0.5) is 5.69 Å². The van der Waals surface area contributed by atoms with E-state index in [1.54, 1.807) is 6.20 Å². The van der Waals surface area contributed by atoms with Gasteiger partial charge in [0, 0.05) is 50.6 Å². The van der Waals surface area contributed by atoms with Gasteiger partial charge in [-0.2, -0.15) is 0 Å². The Balaban J connectivity index is 1.58. The first-order chi connectivity index (χ1) is 12.1. The summed E-state index contributed by atoms with van der Waals surface area (Å²) in [6.45, 7) is 8.86. The van der Waals surface area contributed by atoms with E-state index < -0.39 is 0 Å². The van der Waals surface area contributed by atoms with Crippen LogP contribution in [-0.2, 0) is 6.54 Å². The quantitative estimate of drug-likeness (QED) is 0.910. The van der Waals surface area contributed by atoms with Gasteiger partial charge in [0.15, 0.2) is 0 Å². The van der Waals surface area contributed by atoms with Gasteiger partial charge in [0.2, 0.25) is 0 Å². The van der Waals surface area contributed by atoms with Gasteiger partial charge in [0.1, 0.15) is 5.69 Å². The van der Waals surface area contributed by atoms with Gasteiger partial charge in [0.25, 0.3) is 5.91 Å². The molecule has 3 rings (SSSR count). The Hall–Kier alpha value is -2.40. The SMILES string of the molecule is CC(C)NC(=O)c1cc(N2CCN(Cc3ccccc3)CC2)ccn1. The highest BCUT2D eigenvalue weighted by atomic mass is 16.1. The van der Waals surface area contributed by atoms with Crippen molar-refractivity contribution in [3.8, 4) is 0 Å². The average Bonchev–Trinajstić information content (AvgIpc) is 2.63. The van der Waals surface area contributed by atoms with Gasteiger partial charge in [0.05, 0.1) is 0 Å². The lowest BCUT2D eigenvalue weighted by atomic mass is 10.2. The van der Waals surface area contributed by atoms with E-state index in [1.165, 1.54) is 5.56 Å². The standard InChI is InChI=1S/C20H26N4O/c1-16(2)22-20(25)19-14-18(8-9-21-19)24-12-10-23(11-13-24)15-17-6-4-3-5-7-17/h3-9,14,16H,10-13,15H2,1-2H3,(H,22,25). The predicted octanol–water partition coefficient (Wildman–Crippen LogP) is 2.54. The summed E-state index contributed by atoms with van der Waals surface area (Å²) in [5.74, 6) is -0.112. The van der Waals surface area contributed by atoms with Crippen LogP contribution in [0.3, 0.4) is 0 Å². The number of carbonyl (C=O) groups excluding carboxylic acids is 1. The molecule has 0 spiro atoms. The van der Waals surface area contributed by atoms with Crippen LogP contribution in [0.2, 0.25) is 0 Å². The molecule has 2 aromatic rings. The van der Waals surface area contributed by atoms with Crippen molar-refractivity contribution in [1.82, 2.24) is 15.2 Å². The molecule has 1 aliphatic heterocycles. The van der Waals surface area contributed by atoms with Crippen LogP contribution in [0, 0.1) is 0 Å². The topological polar surface area (TPSA) is 48.5 Å². The van der Waals surface area contributed by atoms with Gasteiger partial charge < -0.3 is 10.2 Å². The van der Waals surface area contributed by atoms with E-state index in [0.717, 1.165) is 38.4 Å². The molecule has 0 radical (unpaired) electrons. The number of aromatic nitrogens is 1. The summed E-state index contributed by atoms with van der Waals surface area (Å²) < 4.78 is 0. The lowest BCUT2D eigenvalue weighted by Crippen LogP contribution is -2.46. The molecule has 1 fully saturated rings. The van der Waals surface area contributed by atoms with Gasteiger partial charge in [-0.15, -0.1) is 0 Å². The van der Waals surface area contributed by atoms with Crippen molar-refractivity contribution >= 4 is 11.6 Å². The van der Waals surface area contributed by atoms with Crippen LogP contribution in [-0.4, -0.2) is 48.0 Å². The highest BCUT2D eigenvalue weighted by Crippen LogP contribution is 2.18. The minimum absolute atomic E-state index is 0.111. The maximum absolute atomic E-state index is 12.1. The van der Waals surface area contributed by atoms with Crippen molar-refractivity contribution in [2.75, 3.05) is 31.1 Å². The summed E-state index contributed by atoms with van der Waals surface area (Å²) in [7, 11) is 0. The van der Waals surface area contributed by atoms with Crippen molar-refractivity contribution in [2.45, 2.75) is 26.4 Å². The minimum atomic E-state index is -0.112. The van der Waals surface area contributed by atoms with Crippen LogP contribution < -0.4 is 10.2 Å². The summed E-state index contributed by atoms with van der Waals surface area (Å²) in [6, 6.07) is 14.6. The fourth-order valence-electron chi connectivity index (χ4n) is 3.08. The zero-order valence-corrected chi connectivity index (χ0v) is 15.0. The second kappa shape index (κ2) is 8.12. The van der Waals surface area contributed by atoms with E-state index >= 15 is 0 Å². The summed E-state index contributed by atoms with van der Waals surface area (Å²) in [4.78, 5) is 21.2. The smallest absolute Gasteiger partial charge is 0.270 e. The molecule has 1 aromatic carbocycles. The number of hydrogen-bond donors (Lipinski definition) is 1. The number of pyridine rings is 1. The third kappa shape index (κ3) is 4.79.